The van der Waals surface area contributed by atoms with Gasteiger partial charge in [0.05, 0.1) is 6.54 Å². The quantitative estimate of drug-likeness (QED) is 0.700. The lowest BCUT2D eigenvalue weighted by atomic mass is 10.2. The van der Waals surface area contributed by atoms with E-state index in [1.807, 2.05) is 54.6 Å². The summed E-state index contributed by atoms with van der Waals surface area (Å²) in [6, 6.07) is 20.2. The molecular formula is C22H22N2O3. The molecule has 0 aliphatic heterocycles. The second-order valence-electron chi connectivity index (χ2n) is 6.20. The van der Waals surface area contributed by atoms with Crippen LogP contribution in [0, 0.1) is 0 Å². The minimum Gasteiger partial charge on any atom is -0.484 e. The lowest BCUT2D eigenvalue weighted by molar-refractivity contribution is -0.118. The number of pyridine rings is 1. The van der Waals surface area contributed by atoms with E-state index in [1.165, 1.54) is 11.6 Å². The molecule has 0 atom stereocenters. The predicted octanol–water partition coefficient (Wildman–Crippen LogP) is 3.48. The van der Waals surface area contributed by atoms with Crippen molar-refractivity contribution in [1.29, 1.82) is 0 Å². The van der Waals surface area contributed by atoms with E-state index >= 15 is 0 Å². The topological polar surface area (TPSA) is 60.3 Å². The molecule has 5 nitrogen and oxygen atoms in total. The minimum atomic E-state index is -0.221. The predicted molar refractivity (Wildman–Crippen MR) is 106 cm³/mol. The van der Waals surface area contributed by atoms with Gasteiger partial charge in [-0.05, 0) is 47.9 Å². The third-order valence-corrected chi connectivity index (χ3v) is 4.19. The molecule has 0 aliphatic carbocycles. The lowest BCUT2D eigenvalue weighted by Gasteiger charge is -2.09. The van der Waals surface area contributed by atoms with Crippen molar-refractivity contribution in [1.82, 2.24) is 4.57 Å². The van der Waals surface area contributed by atoms with E-state index in [2.05, 4.69) is 12.2 Å². The third-order valence-electron chi connectivity index (χ3n) is 4.19. The highest BCUT2D eigenvalue weighted by Gasteiger charge is 2.05. The van der Waals surface area contributed by atoms with Gasteiger partial charge in [0.1, 0.15) is 5.75 Å². The van der Waals surface area contributed by atoms with Gasteiger partial charge in [0.2, 0.25) is 0 Å². The molecule has 1 amide bonds. The normalized spacial score (nSPS) is 10.4. The zero-order valence-corrected chi connectivity index (χ0v) is 15.2. The Morgan fingerprint density at radius 2 is 1.67 bits per heavy atom. The van der Waals surface area contributed by atoms with Gasteiger partial charge in [-0.15, -0.1) is 0 Å². The lowest BCUT2D eigenvalue weighted by Crippen LogP contribution is -2.20. The Kier molecular flexibility index (Phi) is 6.05. The van der Waals surface area contributed by atoms with E-state index in [0.29, 0.717) is 18.0 Å². The molecule has 3 aromatic rings. The number of hydrogen-bond donors (Lipinski definition) is 1. The van der Waals surface area contributed by atoms with E-state index in [1.54, 1.807) is 16.8 Å². The second kappa shape index (κ2) is 8.85. The van der Waals surface area contributed by atoms with Crippen LogP contribution in [0.5, 0.6) is 5.75 Å². The molecule has 5 heteroatoms. The molecule has 3 rings (SSSR count). The summed E-state index contributed by atoms with van der Waals surface area (Å²) in [5, 5.41) is 2.80. The fraction of sp³-hybridized carbons (Fsp3) is 0.182. The molecule has 0 saturated carbocycles. The van der Waals surface area contributed by atoms with Gasteiger partial charge in [0.15, 0.2) is 6.61 Å². The van der Waals surface area contributed by atoms with E-state index in [-0.39, 0.29) is 18.1 Å². The molecule has 0 aliphatic rings. The molecule has 0 saturated heterocycles. The Bertz CT molecular complexity index is 944. The van der Waals surface area contributed by atoms with Crippen molar-refractivity contribution in [3.63, 3.8) is 0 Å². The third kappa shape index (κ3) is 5.31. The van der Waals surface area contributed by atoms with Crippen LogP contribution in [0.15, 0.2) is 77.7 Å². The number of anilines is 1. The number of carbonyl (C=O) groups excluding carboxylic acids is 1. The zero-order valence-electron chi connectivity index (χ0n) is 15.2. The van der Waals surface area contributed by atoms with Crippen LogP contribution in [-0.2, 0) is 17.8 Å². The van der Waals surface area contributed by atoms with Crippen LogP contribution in [0.4, 0.5) is 5.69 Å². The van der Waals surface area contributed by atoms with Crippen LogP contribution in [0.3, 0.4) is 0 Å². The van der Waals surface area contributed by atoms with Gasteiger partial charge in [-0.25, -0.2) is 0 Å². The van der Waals surface area contributed by atoms with E-state index in [0.717, 1.165) is 12.0 Å². The number of aryl methyl sites for hydroxylation is 1. The molecule has 0 radical (unpaired) electrons. The fourth-order valence-corrected chi connectivity index (χ4v) is 2.65. The first-order valence-corrected chi connectivity index (χ1v) is 8.90. The minimum absolute atomic E-state index is 0.0426. The second-order valence-corrected chi connectivity index (χ2v) is 6.20. The summed E-state index contributed by atoms with van der Waals surface area (Å²) in [7, 11) is 0. The number of aromatic nitrogens is 1. The first kappa shape index (κ1) is 18.5. The van der Waals surface area contributed by atoms with Crippen LogP contribution in [0.1, 0.15) is 18.1 Å². The van der Waals surface area contributed by atoms with Crippen LogP contribution in [0.2, 0.25) is 0 Å². The Hall–Kier alpha value is -3.34. The number of hydrogen-bond acceptors (Lipinski definition) is 3. The molecule has 27 heavy (non-hydrogen) atoms. The fourth-order valence-electron chi connectivity index (χ4n) is 2.65. The molecule has 0 fully saturated rings. The molecule has 1 aromatic heterocycles. The van der Waals surface area contributed by atoms with Gasteiger partial charge in [-0.2, -0.15) is 0 Å². The molecule has 0 spiro atoms. The monoisotopic (exact) mass is 362 g/mol. The van der Waals surface area contributed by atoms with Crippen molar-refractivity contribution >= 4 is 11.6 Å². The number of ether oxygens (including phenoxy) is 1. The van der Waals surface area contributed by atoms with Gasteiger partial charge in [-0.1, -0.05) is 37.3 Å². The van der Waals surface area contributed by atoms with Crippen LogP contribution >= 0.6 is 0 Å². The number of nitrogens with one attached hydrogen (secondary N) is 1. The maximum Gasteiger partial charge on any atom is 0.262 e. The SMILES string of the molecule is CCc1ccc(OCC(=O)Nc2ccc(Cn3ccccc3=O)cc2)cc1. The van der Waals surface area contributed by atoms with E-state index < -0.39 is 0 Å². The first-order chi connectivity index (χ1) is 13.1. The highest BCUT2D eigenvalue weighted by molar-refractivity contribution is 5.91. The summed E-state index contributed by atoms with van der Waals surface area (Å²) < 4.78 is 7.14. The first-order valence-electron chi connectivity index (χ1n) is 8.90. The van der Waals surface area contributed by atoms with Gasteiger partial charge in [0.25, 0.3) is 11.5 Å². The summed E-state index contributed by atoms with van der Waals surface area (Å²) in [6.07, 6.45) is 2.72. The van der Waals surface area contributed by atoms with Gasteiger partial charge in [0, 0.05) is 18.0 Å². The van der Waals surface area contributed by atoms with Gasteiger partial charge < -0.3 is 14.6 Å². The molecule has 138 valence electrons. The number of rotatable bonds is 7. The zero-order chi connectivity index (χ0) is 19.1. The number of amides is 1. The van der Waals surface area contributed by atoms with Crippen LogP contribution in [0.25, 0.3) is 0 Å². The van der Waals surface area contributed by atoms with Crippen molar-refractivity contribution in [2.24, 2.45) is 0 Å². The van der Waals surface area contributed by atoms with Gasteiger partial charge in [-0.3, -0.25) is 9.59 Å². The largest absolute Gasteiger partial charge is 0.484 e. The van der Waals surface area contributed by atoms with Crippen molar-refractivity contribution in [2.45, 2.75) is 19.9 Å². The van der Waals surface area contributed by atoms with Gasteiger partial charge >= 0.3 is 0 Å². The van der Waals surface area contributed by atoms with E-state index in [4.69, 9.17) is 4.74 Å². The van der Waals surface area contributed by atoms with Crippen molar-refractivity contribution < 1.29 is 9.53 Å². The molecule has 1 heterocycles. The highest BCUT2D eigenvalue weighted by atomic mass is 16.5. The Labute approximate surface area is 158 Å². The van der Waals surface area contributed by atoms with Crippen LogP contribution < -0.4 is 15.6 Å². The summed E-state index contributed by atoms with van der Waals surface area (Å²) >= 11 is 0. The highest BCUT2D eigenvalue weighted by Crippen LogP contribution is 2.13. The van der Waals surface area contributed by atoms with Crippen molar-refractivity contribution in [2.75, 3.05) is 11.9 Å². The number of benzene rings is 2. The van der Waals surface area contributed by atoms with E-state index in [9.17, 15) is 9.59 Å². The standard InChI is InChI=1S/C22H22N2O3/c1-2-17-8-12-20(13-9-17)27-16-21(25)23-19-10-6-18(7-11-19)15-24-14-4-3-5-22(24)26/h3-14H,2,15-16H2,1H3,(H,23,25). The number of carbonyl (C=O) groups is 1. The molecular weight excluding hydrogens is 340 g/mol. The maximum absolute atomic E-state index is 12.0. The summed E-state index contributed by atoms with van der Waals surface area (Å²) in [5.41, 5.74) is 2.85. The summed E-state index contributed by atoms with van der Waals surface area (Å²) in [5.74, 6) is 0.451. The molecule has 0 unspecified atom stereocenters. The average Bonchev–Trinajstić information content (AvgIpc) is 2.70. The molecule has 0 bridgehead atoms. The number of nitrogens with zero attached hydrogens (tertiary/aromatic N) is 1. The molecule has 2 aromatic carbocycles. The Balaban J connectivity index is 1.52. The Morgan fingerprint density at radius 1 is 0.963 bits per heavy atom. The molecule has 1 N–H and O–H groups in total. The Morgan fingerprint density at radius 3 is 2.33 bits per heavy atom. The van der Waals surface area contributed by atoms with Crippen molar-refractivity contribution in [3.05, 3.63) is 94.4 Å². The summed E-state index contributed by atoms with van der Waals surface area (Å²) in [4.78, 5) is 23.8. The van der Waals surface area contributed by atoms with Crippen LogP contribution in [-0.4, -0.2) is 17.1 Å². The smallest absolute Gasteiger partial charge is 0.262 e. The summed E-state index contributed by atoms with van der Waals surface area (Å²) in [6.45, 7) is 2.53. The maximum atomic E-state index is 12.0. The van der Waals surface area contributed by atoms with Crippen molar-refractivity contribution in [3.8, 4) is 5.75 Å². The average molecular weight is 362 g/mol.